The van der Waals surface area contributed by atoms with Gasteiger partial charge in [0, 0.05) is 44.7 Å². The van der Waals surface area contributed by atoms with Gasteiger partial charge in [-0.1, -0.05) is 60.7 Å². The lowest BCUT2D eigenvalue weighted by atomic mass is 10.1. The number of rotatable bonds is 9. The minimum absolute atomic E-state index is 0.295. The van der Waals surface area contributed by atoms with Gasteiger partial charge in [-0.25, -0.2) is 4.79 Å². The minimum Gasteiger partial charge on any atom is -0.494 e. The van der Waals surface area contributed by atoms with E-state index in [-0.39, 0.29) is 6.09 Å². The maximum atomic E-state index is 12.7. The van der Waals surface area contributed by atoms with E-state index in [1.807, 2.05) is 117 Å². The van der Waals surface area contributed by atoms with Crippen LogP contribution in [0, 0.1) is 0 Å². The molecule has 0 unspecified atom stereocenters. The van der Waals surface area contributed by atoms with E-state index in [1.165, 1.54) is 0 Å². The average Bonchev–Trinajstić information content (AvgIpc) is 3.42. The number of hydrogen-bond acceptors (Lipinski definition) is 8. The fourth-order valence-corrected chi connectivity index (χ4v) is 5.69. The number of fused-ring (bicyclic) bond motifs is 1. The summed E-state index contributed by atoms with van der Waals surface area (Å²) in [5.74, 6) is 1.63. The van der Waals surface area contributed by atoms with Gasteiger partial charge in [-0.05, 0) is 50.1 Å². The van der Waals surface area contributed by atoms with E-state index in [4.69, 9.17) is 29.0 Å². The number of hydrogen-bond donors (Lipinski definition) is 0. The largest absolute Gasteiger partial charge is 0.494 e. The number of aryl methyl sites for hydroxylation is 1. The van der Waals surface area contributed by atoms with Crippen LogP contribution in [0.5, 0.6) is 17.5 Å². The summed E-state index contributed by atoms with van der Waals surface area (Å²) in [6.07, 6.45) is -0.295. The van der Waals surface area contributed by atoms with Crippen molar-refractivity contribution in [2.45, 2.75) is 39.6 Å². The molecule has 0 bridgehead atoms. The molecule has 0 radical (unpaired) electrons. The van der Waals surface area contributed by atoms with Crippen LogP contribution in [-0.4, -0.2) is 64.6 Å². The summed E-state index contributed by atoms with van der Waals surface area (Å²) in [5, 5.41) is 5.93. The molecule has 1 amide bonds. The molecule has 10 heteroatoms. The summed E-state index contributed by atoms with van der Waals surface area (Å²) in [6, 6.07) is 27.8. The predicted molar refractivity (Wildman–Crippen MR) is 182 cm³/mol. The molecule has 0 spiro atoms. The van der Waals surface area contributed by atoms with E-state index >= 15 is 0 Å². The Bertz CT molecular complexity index is 1830. The van der Waals surface area contributed by atoms with Gasteiger partial charge in [0.25, 0.3) is 0 Å². The van der Waals surface area contributed by atoms with E-state index < -0.39 is 5.60 Å². The Kier molecular flexibility index (Phi) is 9.19. The number of methoxy groups -OCH3 is 1. The first-order valence-electron chi connectivity index (χ1n) is 15.8. The number of amides is 1. The molecule has 0 saturated carbocycles. The first kappa shape index (κ1) is 31.7. The molecule has 6 rings (SSSR count). The predicted octanol–water partition coefficient (Wildman–Crippen LogP) is 6.86. The third kappa shape index (κ3) is 7.27. The highest BCUT2D eigenvalue weighted by atomic mass is 16.6. The van der Waals surface area contributed by atoms with Crippen molar-refractivity contribution >= 4 is 22.7 Å². The highest BCUT2D eigenvalue weighted by Gasteiger charge is 2.29. The number of aromatic nitrogens is 3. The molecule has 1 aliphatic rings. The van der Waals surface area contributed by atoms with Gasteiger partial charge in [-0.3, -0.25) is 4.68 Å². The number of carbonyl (C=O) groups excluding carboxylic acids is 1. The number of pyridine rings is 1. The lowest BCUT2D eigenvalue weighted by Gasteiger charge is -2.37. The van der Waals surface area contributed by atoms with Crippen LogP contribution >= 0.6 is 0 Å². The Balaban J connectivity index is 1.33. The van der Waals surface area contributed by atoms with Crippen molar-refractivity contribution in [3.05, 3.63) is 96.1 Å². The average molecular weight is 636 g/mol. The van der Waals surface area contributed by atoms with Crippen LogP contribution < -0.4 is 19.1 Å². The van der Waals surface area contributed by atoms with Crippen LogP contribution in [0.3, 0.4) is 0 Å². The fraction of sp³-hybridized carbons (Fsp3) is 0.324. The first-order valence-corrected chi connectivity index (χ1v) is 15.8. The van der Waals surface area contributed by atoms with E-state index in [2.05, 4.69) is 4.90 Å². The smallest absolute Gasteiger partial charge is 0.410 e. The Morgan fingerprint density at radius 2 is 1.45 bits per heavy atom. The molecule has 2 aromatic heterocycles. The number of nitrogens with zero attached hydrogens (tertiary/aromatic N) is 5. The number of piperazine rings is 1. The molecule has 10 nitrogen and oxygen atoms in total. The number of anilines is 1. The first-order chi connectivity index (χ1) is 22.7. The van der Waals surface area contributed by atoms with E-state index in [9.17, 15) is 4.79 Å². The monoisotopic (exact) mass is 635 g/mol. The van der Waals surface area contributed by atoms with Crippen molar-refractivity contribution in [2.24, 2.45) is 7.05 Å². The van der Waals surface area contributed by atoms with Gasteiger partial charge < -0.3 is 28.7 Å². The molecule has 3 heterocycles. The highest BCUT2D eigenvalue weighted by Crippen LogP contribution is 2.42. The van der Waals surface area contributed by atoms with Crippen LogP contribution in [0.4, 0.5) is 10.5 Å². The Hall–Kier alpha value is -5.25. The second kappa shape index (κ2) is 13.6. The van der Waals surface area contributed by atoms with Crippen molar-refractivity contribution in [1.82, 2.24) is 19.7 Å². The van der Waals surface area contributed by atoms with Gasteiger partial charge in [0.1, 0.15) is 35.9 Å². The summed E-state index contributed by atoms with van der Waals surface area (Å²) in [7, 11) is 3.60. The summed E-state index contributed by atoms with van der Waals surface area (Å²) in [5.41, 5.74) is 4.88. The molecule has 1 saturated heterocycles. The highest BCUT2D eigenvalue weighted by molar-refractivity contribution is 6.03. The molecule has 5 aromatic rings. The zero-order chi connectivity index (χ0) is 33.0. The van der Waals surface area contributed by atoms with Gasteiger partial charge in [-0.15, -0.1) is 0 Å². The molecular weight excluding hydrogens is 594 g/mol. The summed E-state index contributed by atoms with van der Waals surface area (Å²) >= 11 is 0. The van der Waals surface area contributed by atoms with Crippen molar-refractivity contribution < 1.29 is 23.7 Å². The van der Waals surface area contributed by atoms with Crippen LogP contribution in [-0.2, 0) is 25.0 Å². The fourth-order valence-electron chi connectivity index (χ4n) is 5.69. The number of ether oxygens (including phenoxy) is 4. The lowest BCUT2D eigenvalue weighted by Crippen LogP contribution is -2.50. The zero-order valence-electron chi connectivity index (χ0n) is 27.6. The van der Waals surface area contributed by atoms with Crippen LogP contribution in [0.25, 0.3) is 22.2 Å². The third-order valence-electron chi connectivity index (χ3n) is 7.95. The van der Waals surface area contributed by atoms with Gasteiger partial charge in [0.05, 0.1) is 18.2 Å². The SMILES string of the molecule is COc1ccc2c(-c3ccc(OCc4ccccc4)nc3OCc3ccccc3)nn(C)c2c1N1CCN(C(=O)OC(C)(C)C)CC1. The molecule has 0 N–H and O–H groups in total. The van der Waals surface area contributed by atoms with Crippen LogP contribution in [0.15, 0.2) is 84.9 Å². The third-order valence-corrected chi connectivity index (χ3v) is 7.95. The van der Waals surface area contributed by atoms with Crippen molar-refractivity contribution in [1.29, 1.82) is 0 Å². The molecule has 1 aliphatic heterocycles. The summed E-state index contributed by atoms with van der Waals surface area (Å²) in [4.78, 5) is 21.6. The van der Waals surface area contributed by atoms with Crippen LogP contribution in [0.2, 0.25) is 0 Å². The maximum Gasteiger partial charge on any atom is 0.410 e. The molecule has 244 valence electrons. The Morgan fingerprint density at radius 3 is 2.06 bits per heavy atom. The quantitative estimate of drug-likeness (QED) is 0.174. The molecule has 0 atom stereocenters. The molecule has 0 aliphatic carbocycles. The normalized spacial score (nSPS) is 13.5. The topological polar surface area (TPSA) is 91.2 Å². The number of carbonyl (C=O) groups is 1. The van der Waals surface area contributed by atoms with Crippen molar-refractivity contribution in [3.63, 3.8) is 0 Å². The van der Waals surface area contributed by atoms with E-state index in [0.29, 0.717) is 51.2 Å². The van der Waals surface area contributed by atoms with E-state index in [1.54, 1.807) is 12.0 Å². The van der Waals surface area contributed by atoms with Crippen LogP contribution in [0.1, 0.15) is 31.9 Å². The summed E-state index contributed by atoms with van der Waals surface area (Å²) in [6.45, 7) is 8.68. The van der Waals surface area contributed by atoms with Crippen molar-refractivity contribution in [2.75, 3.05) is 38.2 Å². The molecular formula is C37H41N5O5. The van der Waals surface area contributed by atoms with E-state index in [0.717, 1.165) is 44.7 Å². The van der Waals surface area contributed by atoms with Gasteiger partial charge in [0.15, 0.2) is 0 Å². The van der Waals surface area contributed by atoms with Gasteiger partial charge >= 0.3 is 6.09 Å². The summed E-state index contributed by atoms with van der Waals surface area (Å²) < 4.78 is 25.8. The second-order valence-corrected chi connectivity index (χ2v) is 12.5. The zero-order valence-corrected chi connectivity index (χ0v) is 27.6. The minimum atomic E-state index is -0.543. The molecule has 1 fully saturated rings. The maximum absolute atomic E-state index is 12.7. The van der Waals surface area contributed by atoms with Gasteiger partial charge in [-0.2, -0.15) is 10.1 Å². The lowest BCUT2D eigenvalue weighted by molar-refractivity contribution is 0.0240. The molecule has 47 heavy (non-hydrogen) atoms. The second-order valence-electron chi connectivity index (χ2n) is 12.5. The Morgan fingerprint density at radius 1 is 0.809 bits per heavy atom. The van der Waals surface area contributed by atoms with Crippen molar-refractivity contribution in [3.8, 4) is 28.8 Å². The number of benzene rings is 3. The molecule has 3 aromatic carbocycles. The standard InChI is InChI=1S/C37H41N5O5/c1-37(2,3)47-36(43)42-22-20-41(21-23-42)34-30(44-5)18-16-28-32(39-40(4)33(28)34)29-17-19-31(45-24-26-12-8-6-9-13-26)38-35(29)46-25-27-14-10-7-11-15-27/h6-19H,20-25H2,1-5H3. The Labute approximate surface area is 275 Å². The van der Waals surface area contributed by atoms with Gasteiger partial charge in [0.2, 0.25) is 11.8 Å².